The van der Waals surface area contributed by atoms with Crippen molar-refractivity contribution in [2.45, 2.75) is 13.0 Å². The molecule has 5 heteroatoms. The van der Waals surface area contributed by atoms with Crippen molar-refractivity contribution in [3.05, 3.63) is 69.2 Å². The van der Waals surface area contributed by atoms with Crippen LogP contribution in [0.25, 0.3) is 0 Å². The van der Waals surface area contributed by atoms with Crippen molar-refractivity contribution in [2.75, 3.05) is 6.54 Å². The van der Waals surface area contributed by atoms with Crippen LogP contribution in [0.3, 0.4) is 0 Å². The van der Waals surface area contributed by atoms with Crippen LogP contribution in [-0.2, 0) is 13.0 Å². The summed E-state index contributed by atoms with van der Waals surface area (Å²) in [5.74, 6) is 0. The van der Waals surface area contributed by atoms with E-state index in [-0.39, 0.29) is 6.03 Å². The third-order valence-electron chi connectivity index (χ3n) is 3.03. The second-order valence-corrected chi connectivity index (χ2v) is 5.80. The van der Waals surface area contributed by atoms with Crippen LogP contribution in [0.1, 0.15) is 11.1 Å². The lowest BCUT2D eigenvalue weighted by Crippen LogP contribution is -2.36. The van der Waals surface area contributed by atoms with E-state index in [1.165, 1.54) is 0 Å². The molecule has 0 spiro atoms. The van der Waals surface area contributed by atoms with Gasteiger partial charge in [0.15, 0.2) is 0 Å². The first-order valence-corrected chi connectivity index (χ1v) is 7.82. The van der Waals surface area contributed by atoms with Crippen molar-refractivity contribution in [1.82, 2.24) is 10.6 Å². The van der Waals surface area contributed by atoms with Crippen LogP contribution < -0.4 is 10.6 Å². The van der Waals surface area contributed by atoms with E-state index in [2.05, 4.69) is 26.6 Å². The van der Waals surface area contributed by atoms with Crippen molar-refractivity contribution in [2.24, 2.45) is 0 Å². The minimum atomic E-state index is -0.183. The smallest absolute Gasteiger partial charge is 0.315 e. The molecule has 3 nitrogen and oxygen atoms in total. The van der Waals surface area contributed by atoms with E-state index in [0.29, 0.717) is 19.5 Å². The maximum Gasteiger partial charge on any atom is 0.315 e. The van der Waals surface area contributed by atoms with Gasteiger partial charge in [-0.25, -0.2) is 4.79 Å². The summed E-state index contributed by atoms with van der Waals surface area (Å²) in [6.07, 6.45) is 0.710. The maximum atomic E-state index is 11.7. The first-order chi connectivity index (χ1) is 10.2. The fraction of sp³-hybridized carbons (Fsp3) is 0.188. The number of urea groups is 1. The highest BCUT2D eigenvalue weighted by Gasteiger charge is 2.03. The van der Waals surface area contributed by atoms with Crippen LogP contribution in [-0.4, -0.2) is 12.6 Å². The van der Waals surface area contributed by atoms with Gasteiger partial charge in [0.05, 0.1) is 0 Å². The molecule has 0 aliphatic rings. The van der Waals surface area contributed by atoms with Crippen LogP contribution >= 0.6 is 27.5 Å². The zero-order chi connectivity index (χ0) is 15.1. The summed E-state index contributed by atoms with van der Waals surface area (Å²) in [6.45, 7) is 1.03. The largest absolute Gasteiger partial charge is 0.338 e. The van der Waals surface area contributed by atoms with Gasteiger partial charge in [-0.05, 0) is 29.7 Å². The van der Waals surface area contributed by atoms with Gasteiger partial charge in [0.2, 0.25) is 0 Å². The van der Waals surface area contributed by atoms with Crippen molar-refractivity contribution < 1.29 is 4.79 Å². The monoisotopic (exact) mass is 366 g/mol. The predicted molar refractivity (Wildman–Crippen MR) is 89.5 cm³/mol. The van der Waals surface area contributed by atoms with Crippen molar-refractivity contribution in [3.8, 4) is 0 Å². The van der Waals surface area contributed by atoms with Gasteiger partial charge in [-0.15, -0.1) is 0 Å². The van der Waals surface area contributed by atoms with Crippen LogP contribution in [0.4, 0.5) is 4.79 Å². The lowest BCUT2D eigenvalue weighted by atomic mass is 10.1. The van der Waals surface area contributed by atoms with Gasteiger partial charge >= 0.3 is 6.03 Å². The fourth-order valence-electron chi connectivity index (χ4n) is 1.89. The summed E-state index contributed by atoms with van der Waals surface area (Å²) < 4.78 is 0.987. The lowest BCUT2D eigenvalue weighted by molar-refractivity contribution is 0.240. The molecule has 0 atom stereocenters. The van der Waals surface area contributed by atoms with Crippen molar-refractivity contribution >= 4 is 33.6 Å². The zero-order valence-corrected chi connectivity index (χ0v) is 13.7. The number of halogens is 2. The number of amides is 2. The van der Waals surface area contributed by atoms with Gasteiger partial charge in [-0.2, -0.15) is 0 Å². The molecule has 0 saturated heterocycles. The number of carbonyl (C=O) groups excluding carboxylic acids is 1. The summed E-state index contributed by atoms with van der Waals surface area (Å²) in [7, 11) is 0. The predicted octanol–water partition coefficient (Wildman–Crippen LogP) is 4.14. The Kier molecular flexibility index (Phi) is 6.08. The second-order valence-electron chi connectivity index (χ2n) is 4.54. The van der Waals surface area contributed by atoms with E-state index in [4.69, 9.17) is 11.6 Å². The Labute approximate surface area is 137 Å². The molecule has 0 aliphatic heterocycles. The van der Waals surface area contributed by atoms with E-state index in [1.807, 2.05) is 48.5 Å². The van der Waals surface area contributed by atoms with Gasteiger partial charge in [0.1, 0.15) is 0 Å². The molecule has 0 radical (unpaired) electrons. The first-order valence-electron chi connectivity index (χ1n) is 6.65. The average Bonchev–Trinajstić information content (AvgIpc) is 2.48. The molecule has 110 valence electrons. The summed E-state index contributed by atoms with van der Waals surface area (Å²) in [6, 6.07) is 15.3. The molecule has 2 amide bonds. The zero-order valence-electron chi connectivity index (χ0n) is 11.4. The molecule has 2 rings (SSSR count). The highest BCUT2D eigenvalue weighted by atomic mass is 79.9. The molecule has 2 aromatic carbocycles. The quantitative estimate of drug-likeness (QED) is 0.819. The number of benzene rings is 2. The molecule has 0 fully saturated rings. The molecule has 2 aromatic rings. The van der Waals surface area contributed by atoms with Crippen LogP contribution in [0, 0.1) is 0 Å². The van der Waals surface area contributed by atoms with Crippen molar-refractivity contribution in [1.29, 1.82) is 0 Å². The highest BCUT2D eigenvalue weighted by Crippen LogP contribution is 2.15. The standard InChI is InChI=1S/C16H16BrClN2O/c17-14-7-3-1-6-13(14)11-20-16(21)19-10-9-12-5-2-4-8-15(12)18/h1-8H,9-11H2,(H2,19,20,21). The first kappa shape index (κ1) is 15.9. The molecule has 0 bridgehead atoms. The lowest BCUT2D eigenvalue weighted by Gasteiger charge is -2.09. The number of carbonyl (C=O) groups is 1. The Balaban J connectivity index is 1.73. The minimum Gasteiger partial charge on any atom is -0.338 e. The highest BCUT2D eigenvalue weighted by molar-refractivity contribution is 9.10. The molecular weight excluding hydrogens is 352 g/mol. The van der Waals surface area contributed by atoms with E-state index in [1.54, 1.807) is 0 Å². The van der Waals surface area contributed by atoms with Gasteiger partial charge in [-0.3, -0.25) is 0 Å². The normalized spacial score (nSPS) is 10.2. The summed E-state index contributed by atoms with van der Waals surface area (Å²) >= 11 is 9.52. The Morgan fingerprint density at radius 1 is 1.00 bits per heavy atom. The van der Waals surface area contributed by atoms with Gasteiger partial charge < -0.3 is 10.6 Å². The van der Waals surface area contributed by atoms with Gasteiger partial charge in [-0.1, -0.05) is 63.9 Å². The van der Waals surface area contributed by atoms with E-state index in [0.717, 1.165) is 20.6 Å². The van der Waals surface area contributed by atoms with E-state index in [9.17, 15) is 4.79 Å². The molecule has 0 aromatic heterocycles. The average molecular weight is 368 g/mol. The Morgan fingerprint density at radius 3 is 2.38 bits per heavy atom. The van der Waals surface area contributed by atoms with Crippen LogP contribution in [0.15, 0.2) is 53.0 Å². The Hall–Kier alpha value is -1.52. The molecule has 0 unspecified atom stereocenters. The molecule has 2 N–H and O–H groups in total. The number of nitrogens with one attached hydrogen (secondary N) is 2. The summed E-state index contributed by atoms with van der Waals surface area (Å²) in [5, 5.41) is 6.38. The van der Waals surface area contributed by atoms with Crippen molar-refractivity contribution in [3.63, 3.8) is 0 Å². The Bertz CT molecular complexity index is 619. The Morgan fingerprint density at radius 2 is 1.67 bits per heavy atom. The van der Waals surface area contributed by atoms with E-state index < -0.39 is 0 Å². The maximum absolute atomic E-state index is 11.7. The number of rotatable bonds is 5. The number of hydrogen-bond donors (Lipinski definition) is 2. The SMILES string of the molecule is O=C(NCCc1ccccc1Cl)NCc1ccccc1Br. The topological polar surface area (TPSA) is 41.1 Å². The van der Waals surface area contributed by atoms with Gasteiger partial charge in [0, 0.05) is 22.6 Å². The molecule has 0 aliphatic carbocycles. The van der Waals surface area contributed by atoms with Crippen LogP contribution in [0.2, 0.25) is 5.02 Å². The van der Waals surface area contributed by atoms with Gasteiger partial charge in [0.25, 0.3) is 0 Å². The van der Waals surface area contributed by atoms with Crippen LogP contribution in [0.5, 0.6) is 0 Å². The summed E-state index contributed by atoms with van der Waals surface area (Å²) in [4.78, 5) is 11.7. The molecule has 0 heterocycles. The summed E-state index contributed by atoms with van der Waals surface area (Å²) in [5.41, 5.74) is 2.07. The molecule has 21 heavy (non-hydrogen) atoms. The second kappa shape index (κ2) is 8.05. The fourth-order valence-corrected chi connectivity index (χ4v) is 2.55. The third-order valence-corrected chi connectivity index (χ3v) is 4.18. The molecule has 0 saturated carbocycles. The van der Waals surface area contributed by atoms with E-state index >= 15 is 0 Å². The third kappa shape index (κ3) is 5.06. The number of hydrogen-bond acceptors (Lipinski definition) is 1. The molecular formula is C16H16BrClN2O. The minimum absolute atomic E-state index is 0.183.